The predicted molar refractivity (Wildman–Crippen MR) is 89.0 cm³/mol. The third kappa shape index (κ3) is 6.10. The zero-order valence-electron chi connectivity index (χ0n) is 13.7. The maximum absolute atomic E-state index is 12.1. The summed E-state index contributed by atoms with van der Waals surface area (Å²) >= 11 is 0. The summed E-state index contributed by atoms with van der Waals surface area (Å²) in [4.78, 5) is 35.1. The van der Waals surface area contributed by atoms with Crippen LogP contribution in [-0.4, -0.2) is 37.2 Å². The lowest BCUT2D eigenvalue weighted by Gasteiger charge is -2.17. The van der Waals surface area contributed by atoms with Crippen LogP contribution in [0.3, 0.4) is 0 Å². The van der Waals surface area contributed by atoms with Crippen LogP contribution < -0.4 is 0 Å². The molecule has 0 aliphatic heterocycles. The molecule has 0 aliphatic rings. The van der Waals surface area contributed by atoms with Crippen LogP contribution in [0, 0.1) is 0 Å². The molecular formula is C19H18O6. The number of ether oxygens (including phenoxy) is 3. The van der Waals surface area contributed by atoms with Crippen molar-refractivity contribution in [1.29, 1.82) is 0 Å². The summed E-state index contributed by atoms with van der Waals surface area (Å²) in [6.07, 6.45) is -0.899. The van der Waals surface area contributed by atoms with Gasteiger partial charge >= 0.3 is 17.9 Å². The van der Waals surface area contributed by atoms with Crippen LogP contribution in [0.5, 0.6) is 0 Å². The second kappa shape index (κ2) is 9.22. The Bertz CT molecular complexity index is 711. The third-order valence-electron chi connectivity index (χ3n) is 3.17. The Hall–Kier alpha value is -3.15. The first kappa shape index (κ1) is 18.2. The lowest BCUT2D eigenvalue weighted by Crippen LogP contribution is -2.30. The number of carbonyl (C=O) groups is 3. The molecule has 0 spiro atoms. The van der Waals surface area contributed by atoms with E-state index in [1.807, 2.05) is 0 Å². The van der Waals surface area contributed by atoms with Gasteiger partial charge in [0.15, 0.2) is 6.10 Å². The van der Waals surface area contributed by atoms with E-state index in [0.717, 1.165) is 0 Å². The van der Waals surface area contributed by atoms with Crippen molar-refractivity contribution >= 4 is 17.9 Å². The monoisotopic (exact) mass is 342 g/mol. The normalized spacial score (nSPS) is 11.2. The van der Waals surface area contributed by atoms with Crippen molar-refractivity contribution in [2.24, 2.45) is 0 Å². The minimum Gasteiger partial charge on any atom is -0.462 e. The number of esters is 3. The number of hydrogen-bond donors (Lipinski definition) is 0. The minimum absolute atomic E-state index is 0.198. The lowest BCUT2D eigenvalue weighted by atomic mass is 10.2. The van der Waals surface area contributed by atoms with Crippen molar-refractivity contribution in [3.63, 3.8) is 0 Å². The molecule has 1 atom stereocenters. The summed E-state index contributed by atoms with van der Waals surface area (Å²) in [7, 11) is 0. The van der Waals surface area contributed by atoms with E-state index in [1.54, 1.807) is 60.7 Å². The zero-order chi connectivity index (χ0) is 18.1. The molecule has 6 nitrogen and oxygen atoms in total. The highest BCUT2D eigenvalue weighted by atomic mass is 16.6. The Labute approximate surface area is 145 Å². The summed E-state index contributed by atoms with van der Waals surface area (Å²) in [6.45, 7) is 0.821. The second-order valence-electron chi connectivity index (χ2n) is 5.16. The topological polar surface area (TPSA) is 78.9 Å². The first-order valence-electron chi connectivity index (χ1n) is 7.68. The highest BCUT2D eigenvalue weighted by Gasteiger charge is 2.20. The molecule has 0 radical (unpaired) electrons. The van der Waals surface area contributed by atoms with Crippen LogP contribution in [0.2, 0.25) is 0 Å². The van der Waals surface area contributed by atoms with Crippen LogP contribution >= 0.6 is 0 Å². The van der Waals surface area contributed by atoms with E-state index >= 15 is 0 Å². The lowest BCUT2D eigenvalue weighted by molar-refractivity contribution is -0.144. The van der Waals surface area contributed by atoms with Crippen LogP contribution in [-0.2, 0) is 19.0 Å². The van der Waals surface area contributed by atoms with Crippen molar-refractivity contribution < 1.29 is 28.6 Å². The smallest absolute Gasteiger partial charge is 0.338 e. The fourth-order valence-corrected chi connectivity index (χ4v) is 1.95. The number of rotatable bonds is 7. The van der Waals surface area contributed by atoms with Crippen molar-refractivity contribution in [2.45, 2.75) is 13.0 Å². The Balaban J connectivity index is 1.96. The van der Waals surface area contributed by atoms with Gasteiger partial charge in [-0.1, -0.05) is 36.4 Å². The summed E-state index contributed by atoms with van der Waals surface area (Å²) in [5, 5.41) is 0. The average molecular weight is 342 g/mol. The van der Waals surface area contributed by atoms with Gasteiger partial charge in [-0.25, -0.2) is 9.59 Å². The molecule has 0 fully saturated rings. The van der Waals surface area contributed by atoms with Crippen molar-refractivity contribution in [2.75, 3.05) is 13.2 Å². The molecule has 0 aromatic heterocycles. The highest BCUT2D eigenvalue weighted by molar-refractivity contribution is 5.90. The summed E-state index contributed by atoms with van der Waals surface area (Å²) in [5.41, 5.74) is 0.729. The molecule has 0 saturated heterocycles. The molecule has 2 aromatic rings. The molecule has 0 N–H and O–H groups in total. The molecule has 2 rings (SSSR count). The SMILES string of the molecule is CC(=O)OC[C@H](COC(=O)c1ccccc1)OC(=O)c1ccccc1. The number of hydrogen-bond acceptors (Lipinski definition) is 6. The van der Waals surface area contributed by atoms with Crippen LogP contribution in [0.25, 0.3) is 0 Å². The maximum Gasteiger partial charge on any atom is 0.338 e. The molecule has 0 unspecified atom stereocenters. The first-order valence-corrected chi connectivity index (χ1v) is 7.68. The Kier molecular flexibility index (Phi) is 6.71. The fraction of sp³-hybridized carbons (Fsp3) is 0.211. The molecular weight excluding hydrogens is 324 g/mol. The quantitative estimate of drug-likeness (QED) is 0.568. The van der Waals surface area contributed by atoms with Gasteiger partial charge in [-0.15, -0.1) is 0 Å². The average Bonchev–Trinajstić information content (AvgIpc) is 2.64. The minimum atomic E-state index is -0.899. The molecule has 130 valence electrons. The number of benzene rings is 2. The predicted octanol–water partition coefficient (Wildman–Crippen LogP) is 2.63. The van der Waals surface area contributed by atoms with Gasteiger partial charge in [0.25, 0.3) is 0 Å². The summed E-state index contributed by atoms with van der Waals surface area (Å²) < 4.78 is 15.3. The van der Waals surface area contributed by atoms with Gasteiger partial charge in [-0.3, -0.25) is 4.79 Å². The molecule has 0 saturated carbocycles. The van der Waals surface area contributed by atoms with Crippen LogP contribution in [0.15, 0.2) is 60.7 Å². The van der Waals surface area contributed by atoms with E-state index < -0.39 is 24.0 Å². The van der Waals surface area contributed by atoms with Crippen LogP contribution in [0.4, 0.5) is 0 Å². The van der Waals surface area contributed by atoms with Gasteiger partial charge in [0.1, 0.15) is 13.2 Å². The molecule has 0 bridgehead atoms. The fourth-order valence-electron chi connectivity index (χ4n) is 1.95. The maximum atomic E-state index is 12.1. The zero-order valence-corrected chi connectivity index (χ0v) is 13.7. The Morgan fingerprint density at radius 3 is 1.76 bits per heavy atom. The van der Waals surface area contributed by atoms with Crippen molar-refractivity contribution in [3.05, 3.63) is 71.8 Å². The van der Waals surface area contributed by atoms with E-state index in [9.17, 15) is 14.4 Å². The molecule has 0 aliphatic carbocycles. The van der Waals surface area contributed by atoms with Gasteiger partial charge in [0.05, 0.1) is 11.1 Å². The molecule has 0 heterocycles. The highest BCUT2D eigenvalue weighted by Crippen LogP contribution is 2.07. The van der Waals surface area contributed by atoms with E-state index in [4.69, 9.17) is 14.2 Å². The third-order valence-corrected chi connectivity index (χ3v) is 3.17. The Morgan fingerprint density at radius 2 is 1.24 bits per heavy atom. The largest absolute Gasteiger partial charge is 0.462 e. The van der Waals surface area contributed by atoms with Crippen LogP contribution in [0.1, 0.15) is 27.6 Å². The van der Waals surface area contributed by atoms with Gasteiger partial charge in [0.2, 0.25) is 0 Å². The van der Waals surface area contributed by atoms with E-state index in [0.29, 0.717) is 11.1 Å². The van der Waals surface area contributed by atoms with E-state index in [2.05, 4.69) is 0 Å². The van der Waals surface area contributed by atoms with Gasteiger partial charge in [-0.2, -0.15) is 0 Å². The molecule has 0 amide bonds. The van der Waals surface area contributed by atoms with Gasteiger partial charge in [0, 0.05) is 6.92 Å². The van der Waals surface area contributed by atoms with E-state index in [-0.39, 0.29) is 13.2 Å². The Morgan fingerprint density at radius 1 is 0.760 bits per heavy atom. The summed E-state index contributed by atoms with van der Waals surface area (Å²) in [5.74, 6) is -1.66. The number of carbonyl (C=O) groups excluding carboxylic acids is 3. The summed E-state index contributed by atoms with van der Waals surface area (Å²) in [6, 6.07) is 16.8. The van der Waals surface area contributed by atoms with Crippen molar-refractivity contribution in [1.82, 2.24) is 0 Å². The first-order chi connectivity index (χ1) is 12.1. The van der Waals surface area contributed by atoms with Gasteiger partial charge < -0.3 is 14.2 Å². The second-order valence-corrected chi connectivity index (χ2v) is 5.16. The standard InChI is InChI=1S/C19H18O6/c1-14(20)23-12-17(25-19(22)16-10-6-3-7-11-16)13-24-18(21)15-8-4-2-5-9-15/h2-11,17H,12-13H2,1H3/t17-/m1/s1. The van der Waals surface area contributed by atoms with E-state index in [1.165, 1.54) is 6.92 Å². The molecule has 25 heavy (non-hydrogen) atoms. The molecule has 6 heteroatoms. The van der Waals surface area contributed by atoms with Gasteiger partial charge in [-0.05, 0) is 24.3 Å². The van der Waals surface area contributed by atoms with Crippen molar-refractivity contribution in [3.8, 4) is 0 Å². The molecule has 2 aromatic carbocycles.